The lowest BCUT2D eigenvalue weighted by molar-refractivity contribution is -0.131. The highest BCUT2D eigenvalue weighted by molar-refractivity contribution is 5.95. The van der Waals surface area contributed by atoms with Gasteiger partial charge in [-0.2, -0.15) is 0 Å². The average molecular weight is 401 g/mol. The molecule has 0 heterocycles. The third kappa shape index (κ3) is 6.07. The maximum Gasteiger partial charge on any atom is 0.418 e. The van der Waals surface area contributed by atoms with E-state index in [9.17, 15) is 9.59 Å². The Balaban J connectivity index is 1.58. The Morgan fingerprint density at radius 3 is 2.10 bits per heavy atom. The molecule has 5 heteroatoms. The van der Waals surface area contributed by atoms with Gasteiger partial charge in [-0.15, -0.1) is 0 Å². The smallest absolute Gasteiger partial charge is 0.418 e. The molecule has 152 valence electrons. The molecular formula is C25H23NO4. The number of anilines is 2. The van der Waals surface area contributed by atoms with E-state index in [2.05, 4.69) is 0 Å². The summed E-state index contributed by atoms with van der Waals surface area (Å²) in [5.41, 5.74) is 2.38. The molecule has 0 bridgehead atoms. The molecule has 3 aromatic rings. The highest BCUT2D eigenvalue weighted by Gasteiger charge is 2.18. The van der Waals surface area contributed by atoms with Gasteiger partial charge in [-0.05, 0) is 48.4 Å². The van der Waals surface area contributed by atoms with Crippen molar-refractivity contribution >= 4 is 29.5 Å². The predicted molar refractivity (Wildman–Crippen MR) is 118 cm³/mol. The highest BCUT2D eigenvalue weighted by atomic mass is 16.6. The van der Waals surface area contributed by atoms with Crippen LogP contribution in [0.25, 0.3) is 6.08 Å². The van der Waals surface area contributed by atoms with Crippen LogP contribution >= 0.6 is 0 Å². The van der Waals surface area contributed by atoms with Gasteiger partial charge in [-0.1, -0.05) is 60.7 Å². The van der Waals surface area contributed by atoms with Crippen LogP contribution in [0.2, 0.25) is 0 Å². The SMILES string of the molecule is CC(=O)Oc1cccc(/C=C\CCOC(=O)N(c2ccccc2)c2ccccc2)c1. The molecule has 0 N–H and O–H groups in total. The van der Waals surface area contributed by atoms with Crippen molar-refractivity contribution in [3.05, 3.63) is 96.6 Å². The van der Waals surface area contributed by atoms with Crippen LogP contribution in [0, 0.1) is 0 Å². The summed E-state index contributed by atoms with van der Waals surface area (Å²) in [6.45, 7) is 1.61. The van der Waals surface area contributed by atoms with Crippen molar-refractivity contribution in [2.24, 2.45) is 0 Å². The molecule has 0 fully saturated rings. The topological polar surface area (TPSA) is 55.8 Å². The van der Waals surface area contributed by atoms with E-state index in [1.54, 1.807) is 17.0 Å². The minimum absolute atomic E-state index is 0.245. The molecule has 0 radical (unpaired) electrons. The van der Waals surface area contributed by atoms with Gasteiger partial charge in [0.25, 0.3) is 0 Å². The van der Waals surface area contributed by atoms with Crippen molar-refractivity contribution < 1.29 is 19.1 Å². The number of hydrogen-bond acceptors (Lipinski definition) is 4. The van der Waals surface area contributed by atoms with Crippen LogP contribution in [0.5, 0.6) is 5.75 Å². The number of carbonyl (C=O) groups excluding carboxylic acids is 2. The standard InChI is InChI=1S/C25H23NO4/c1-20(27)30-24-17-10-12-21(19-24)11-8-9-18-29-25(28)26(22-13-4-2-5-14-22)23-15-6-3-7-16-23/h2-8,10-17,19H,9,18H2,1H3/b11-8-. The van der Waals surface area contributed by atoms with E-state index in [0.29, 0.717) is 12.2 Å². The maximum atomic E-state index is 12.8. The summed E-state index contributed by atoms with van der Waals surface area (Å²) in [6, 6.07) is 26.0. The third-order valence-corrected chi connectivity index (χ3v) is 4.15. The van der Waals surface area contributed by atoms with Crippen molar-refractivity contribution in [3.63, 3.8) is 0 Å². The largest absolute Gasteiger partial charge is 0.449 e. The monoisotopic (exact) mass is 401 g/mol. The Bertz CT molecular complexity index is 960. The number of esters is 1. The molecule has 3 aromatic carbocycles. The third-order valence-electron chi connectivity index (χ3n) is 4.15. The number of ether oxygens (including phenoxy) is 2. The number of rotatable bonds is 7. The summed E-state index contributed by atoms with van der Waals surface area (Å²) >= 11 is 0. The van der Waals surface area contributed by atoms with Crippen LogP contribution in [0.15, 0.2) is 91.0 Å². The van der Waals surface area contributed by atoms with E-state index in [1.165, 1.54) is 6.92 Å². The van der Waals surface area contributed by atoms with Crippen LogP contribution < -0.4 is 9.64 Å². The zero-order valence-corrected chi connectivity index (χ0v) is 16.7. The maximum absolute atomic E-state index is 12.8. The lowest BCUT2D eigenvalue weighted by atomic mass is 10.2. The molecule has 30 heavy (non-hydrogen) atoms. The minimum atomic E-state index is -0.433. The second kappa shape index (κ2) is 10.6. The molecule has 0 atom stereocenters. The summed E-state index contributed by atoms with van der Waals surface area (Å²) in [5, 5.41) is 0. The molecule has 0 spiro atoms. The normalized spacial score (nSPS) is 10.6. The summed E-state index contributed by atoms with van der Waals surface area (Å²) in [5.74, 6) is 0.141. The molecule has 0 aliphatic heterocycles. The molecule has 0 saturated heterocycles. The zero-order chi connectivity index (χ0) is 21.2. The van der Waals surface area contributed by atoms with Crippen LogP contribution in [0.3, 0.4) is 0 Å². The van der Waals surface area contributed by atoms with Crippen LogP contribution in [-0.2, 0) is 9.53 Å². The van der Waals surface area contributed by atoms with Crippen molar-refractivity contribution in [1.29, 1.82) is 0 Å². The number of benzene rings is 3. The molecule has 5 nitrogen and oxygen atoms in total. The molecule has 1 amide bonds. The van der Waals surface area contributed by atoms with Crippen molar-refractivity contribution in [3.8, 4) is 5.75 Å². The fourth-order valence-electron chi connectivity index (χ4n) is 2.86. The van der Waals surface area contributed by atoms with E-state index in [-0.39, 0.29) is 12.6 Å². The number of hydrogen-bond donors (Lipinski definition) is 0. The minimum Gasteiger partial charge on any atom is -0.449 e. The summed E-state index contributed by atoms with van der Waals surface area (Å²) < 4.78 is 10.6. The second-order valence-electron chi connectivity index (χ2n) is 6.48. The van der Waals surface area contributed by atoms with Gasteiger partial charge in [-0.3, -0.25) is 4.79 Å². The van der Waals surface area contributed by atoms with Gasteiger partial charge in [0.1, 0.15) is 5.75 Å². The van der Waals surface area contributed by atoms with E-state index >= 15 is 0 Å². The van der Waals surface area contributed by atoms with Crippen LogP contribution in [0.4, 0.5) is 16.2 Å². The molecular weight excluding hydrogens is 378 g/mol. The Morgan fingerprint density at radius 1 is 0.867 bits per heavy atom. The first kappa shape index (κ1) is 20.9. The van der Waals surface area contributed by atoms with E-state index in [1.807, 2.05) is 84.9 Å². The lowest BCUT2D eigenvalue weighted by Gasteiger charge is -2.22. The number of para-hydroxylation sites is 2. The summed E-state index contributed by atoms with van der Waals surface area (Å²) in [6.07, 6.45) is 3.93. The Labute approximate surface area is 176 Å². The summed E-state index contributed by atoms with van der Waals surface area (Å²) in [4.78, 5) is 25.4. The van der Waals surface area contributed by atoms with Gasteiger partial charge >= 0.3 is 12.1 Å². The lowest BCUT2D eigenvalue weighted by Crippen LogP contribution is -2.27. The van der Waals surface area contributed by atoms with E-state index < -0.39 is 6.09 Å². The number of nitrogens with zero attached hydrogens (tertiary/aromatic N) is 1. The van der Waals surface area contributed by atoms with Gasteiger partial charge in [-0.25, -0.2) is 9.69 Å². The molecule has 0 unspecified atom stereocenters. The van der Waals surface area contributed by atoms with E-state index in [0.717, 1.165) is 16.9 Å². The van der Waals surface area contributed by atoms with Crippen LogP contribution in [-0.4, -0.2) is 18.7 Å². The molecule has 0 aliphatic carbocycles. The Morgan fingerprint density at radius 2 is 1.50 bits per heavy atom. The van der Waals surface area contributed by atoms with Crippen LogP contribution in [0.1, 0.15) is 18.9 Å². The van der Waals surface area contributed by atoms with Gasteiger partial charge in [0, 0.05) is 6.92 Å². The quantitative estimate of drug-likeness (QED) is 0.277. The first-order valence-electron chi connectivity index (χ1n) is 9.65. The molecule has 3 rings (SSSR count). The first-order valence-corrected chi connectivity index (χ1v) is 9.65. The highest BCUT2D eigenvalue weighted by Crippen LogP contribution is 2.25. The van der Waals surface area contributed by atoms with Gasteiger partial charge in [0.05, 0.1) is 18.0 Å². The average Bonchev–Trinajstić information content (AvgIpc) is 2.75. The van der Waals surface area contributed by atoms with E-state index in [4.69, 9.17) is 9.47 Å². The Hall–Kier alpha value is -3.86. The Kier molecular flexibility index (Phi) is 7.39. The molecule has 0 aliphatic rings. The van der Waals surface area contributed by atoms with Crippen molar-refractivity contribution in [2.45, 2.75) is 13.3 Å². The fraction of sp³-hybridized carbons (Fsp3) is 0.120. The second-order valence-corrected chi connectivity index (χ2v) is 6.48. The van der Waals surface area contributed by atoms with Gasteiger partial charge < -0.3 is 9.47 Å². The summed E-state index contributed by atoms with van der Waals surface area (Å²) in [7, 11) is 0. The van der Waals surface area contributed by atoms with Crippen molar-refractivity contribution in [2.75, 3.05) is 11.5 Å². The number of carbonyl (C=O) groups is 2. The number of amides is 1. The molecule has 0 saturated carbocycles. The van der Waals surface area contributed by atoms with Gasteiger partial charge in [0.2, 0.25) is 0 Å². The predicted octanol–water partition coefficient (Wildman–Crippen LogP) is 5.99. The molecule has 0 aromatic heterocycles. The fourth-order valence-corrected chi connectivity index (χ4v) is 2.86. The zero-order valence-electron chi connectivity index (χ0n) is 16.7. The van der Waals surface area contributed by atoms with Crippen molar-refractivity contribution in [1.82, 2.24) is 0 Å². The first-order chi connectivity index (χ1) is 14.6. The van der Waals surface area contributed by atoms with Gasteiger partial charge in [0.15, 0.2) is 0 Å².